The Bertz CT molecular complexity index is 940. The van der Waals surface area contributed by atoms with Crippen molar-refractivity contribution in [2.75, 3.05) is 0 Å². The van der Waals surface area contributed by atoms with Gasteiger partial charge in [-0.3, -0.25) is 9.48 Å². The van der Waals surface area contributed by atoms with Gasteiger partial charge in [0.05, 0.1) is 22.9 Å². The van der Waals surface area contributed by atoms with E-state index in [9.17, 15) is 4.79 Å². The summed E-state index contributed by atoms with van der Waals surface area (Å²) in [6, 6.07) is 15.1. The van der Waals surface area contributed by atoms with Gasteiger partial charge < -0.3 is 10.1 Å². The van der Waals surface area contributed by atoms with Gasteiger partial charge in [0.1, 0.15) is 12.4 Å². The number of hydrogen-bond donors (Lipinski definition) is 1. The Labute approximate surface area is 175 Å². The molecule has 1 amide bonds. The lowest BCUT2D eigenvalue weighted by atomic mass is 10.1. The molecule has 0 saturated carbocycles. The molecule has 27 heavy (non-hydrogen) atoms. The van der Waals surface area contributed by atoms with E-state index in [4.69, 9.17) is 4.74 Å². The number of nitrogens with one attached hydrogen (secondary N) is 1. The normalized spacial score (nSPS) is 10.6. The summed E-state index contributed by atoms with van der Waals surface area (Å²) >= 11 is 6.89. The van der Waals surface area contributed by atoms with Crippen LogP contribution in [0.2, 0.25) is 0 Å². The Morgan fingerprint density at radius 3 is 2.78 bits per heavy atom. The van der Waals surface area contributed by atoms with Crippen LogP contribution in [0.5, 0.6) is 5.75 Å². The number of ether oxygens (including phenoxy) is 1. The summed E-state index contributed by atoms with van der Waals surface area (Å²) < 4.78 is 9.50. The van der Waals surface area contributed by atoms with Crippen LogP contribution in [0.25, 0.3) is 0 Å². The van der Waals surface area contributed by atoms with Crippen LogP contribution >= 0.6 is 31.9 Å². The highest BCUT2D eigenvalue weighted by Gasteiger charge is 2.11. The minimum Gasteiger partial charge on any atom is -0.489 e. The largest absolute Gasteiger partial charge is 0.489 e. The zero-order chi connectivity index (χ0) is 19.2. The summed E-state index contributed by atoms with van der Waals surface area (Å²) in [6.07, 6.45) is 1.74. The molecule has 0 bridgehead atoms. The van der Waals surface area contributed by atoms with Crippen molar-refractivity contribution in [2.45, 2.75) is 26.6 Å². The second-order valence-electron chi connectivity index (χ2n) is 5.88. The van der Waals surface area contributed by atoms with Gasteiger partial charge in [0, 0.05) is 16.6 Å². The van der Waals surface area contributed by atoms with Gasteiger partial charge in [-0.2, -0.15) is 5.10 Å². The fourth-order valence-corrected chi connectivity index (χ4v) is 3.44. The van der Waals surface area contributed by atoms with E-state index >= 15 is 0 Å². The highest BCUT2D eigenvalue weighted by Crippen LogP contribution is 2.19. The summed E-state index contributed by atoms with van der Waals surface area (Å²) in [5, 5.41) is 7.21. The second-order valence-corrected chi connectivity index (χ2v) is 7.65. The van der Waals surface area contributed by atoms with Gasteiger partial charge in [-0.25, -0.2) is 0 Å². The third-order valence-corrected chi connectivity index (χ3v) is 5.16. The van der Waals surface area contributed by atoms with Gasteiger partial charge in [0.25, 0.3) is 5.91 Å². The van der Waals surface area contributed by atoms with Crippen molar-refractivity contribution >= 4 is 37.8 Å². The molecule has 7 heteroatoms. The Hall–Kier alpha value is -2.12. The maximum Gasteiger partial charge on any atom is 0.251 e. The molecule has 0 aliphatic carbocycles. The number of rotatable bonds is 7. The predicted octanol–water partition coefficient (Wildman–Crippen LogP) is 4.94. The van der Waals surface area contributed by atoms with Crippen molar-refractivity contribution < 1.29 is 9.53 Å². The first-order valence-corrected chi connectivity index (χ1v) is 10.1. The molecule has 0 saturated heterocycles. The molecule has 5 nitrogen and oxygen atoms in total. The van der Waals surface area contributed by atoms with Crippen LogP contribution in [0.3, 0.4) is 0 Å². The molecule has 1 heterocycles. The van der Waals surface area contributed by atoms with E-state index in [0.717, 1.165) is 32.5 Å². The summed E-state index contributed by atoms with van der Waals surface area (Å²) in [5.41, 5.74) is 2.48. The quantitative estimate of drug-likeness (QED) is 0.508. The summed E-state index contributed by atoms with van der Waals surface area (Å²) in [5.74, 6) is 0.645. The lowest BCUT2D eigenvalue weighted by Gasteiger charge is -2.10. The van der Waals surface area contributed by atoms with E-state index in [0.29, 0.717) is 18.7 Å². The summed E-state index contributed by atoms with van der Waals surface area (Å²) in [4.78, 5) is 12.5. The molecule has 0 radical (unpaired) electrons. The molecule has 0 fully saturated rings. The first kappa shape index (κ1) is 19.6. The second kappa shape index (κ2) is 9.19. The number of amides is 1. The average Bonchev–Trinajstić information content (AvgIpc) is 3.04. The van der Waals surface area contributed by atoms with Gasteiger partial charge in [-0.05, 0) is 58.7 Å². The van der Waals surface area contributed by atoms with Gasteiger partial charge in [-0.15, -0.1) is 0 Å². The van der Waals surface area contributed by atoms with Crippen LogP contribution in [0.4, 0.5) is 0 Å². The number of carbonyl (C=O) groups is 1. The fraction of sp³-hybridized carbons (Fsp3) is 0.200. The monoisotopic (exact) mass is 491 g/mol. The van der Waals surface area contributed by atoms with E-state index in [-0.39, 0.29) is 5.91 Å². The third kappa shape index (κ3) is 5.20. The number of hydrogen-bond acceptors (Lipinski definition) is 3. The zero-order valence-electron chi connectivity index (χ0n) is 14.8. The molecular weight excluding hydrogens is 474 g/mol. The van der Waals surface area contributed by atoms with Crippen LogP contribution in [-0.4, -0.2) is 15.7 Å². The highest BCUT2D eigenvalue weighted by molar-refractivity contribution is 9.10. The van der Waals surface area contributed by atoms with Crippen LogP contribution in [0.15, 0.2) is 63.7 Å². The van der Waals surface area contributed by atoms with Crippen LogP contribution in [0, 0.1) is 0 Å². The van der Waals surface area contributed by atoms with Crippen molar-refractivity contribution in [1.29, 1.82) is 0 Å². The average molecular weight is 493 g/mol. The zero-order valence-corrected chi connectivity index (χ0v) is 18.0. The molecule has 140 valence electrons. The molecule has 0 spiro atoms. The van der Waals surface area contributed by atoms with Crippen molar-refractivity contribution in [3.63, 3.8) is 0 Å². The fourth-order valence-electron chi connectivity index (χ4n) is 2.63. The molecule has 3 rings (SSSR count). The van der Waals surface area contributed by atoms with E-state index in [1.807, 2.05) is 54.1 Å². The van der Waals surface area contributed by atoms with Gasteiger partial charge in [-0.1, -0.05) is 34.1 Å². The van der Waals surface area contributed by atoms with Crippen LogP contribution < -0.4 is 10.1 Å². The predicted molar refractivity (Wildman–Crippen MR) is 112 cm³/mol. The van der Waals surface area contributed by atoms with E-state index in [1.165, 1.54) is 0 Å². The number of aromatic nitrogens is 2. The number of aryl methyl sites for hydroxylation is 1. The van der Waals surface area contributed by atoms with Crippen molar-refractivity contribution in [3.8, 4) is 5.75 Å². The minimum absolute atomic E-state index is 0.130. The smallest absolute Gasteiger partial charge is 0.251 e. The van der Waals surface area contributed by atoms with Crippen molar-refractivity contribution in [2.24, 2.45) is 0 Å². The Kier molecular flexibility index (Phi) is 6.68. The summed E-state index contributed by atoms with van der Waals surface area (Å²) in [6.45, 7) is 3.57. The topological polar surface area (TPSA) is 56.2 Å². The van der Waals surface area contributed by atoms with Gasteiger partial charge in [0.2, 0.25) is 0 Å². The first-order chi connectivity index (χ1) is 13.1. The Balaban J connectivity index is 1.62. The summed E-state index contributed by atoms with van der Waals surface area (Å²) in [7, 11) is 0. The molecule has 0 aliphatic heterocycles. The molecule has 2 aromatic carbocycles. The standard InChI is InChI=1S/C20H19Br2N3O2/c1-2-25-19(18(22)11-24-25)12-23-20(26)15-6-3-5-14(9-15)13-27-17-8-4-7-16(21)10-17/h3-11H,2,12-13H2,1H3,(H,23,26). The van der Waals surface area contributed by atoms with Crippen LogP contribution in [0.1, 0.15) is 28.5 Å². The van der Waals surface area contributed by atoms with E-state index in [2.05, 4.69) is 42.3 Å². The molecular formula is C20H19Br2N3O2. The maximum absolute atomic E-state index is 12.5. The number of carbonyl (C=O) groups excluding carboxylic acids is 1. The molecule has 3 aromatic rings. The van der Waals surface area contributed by atoms with Crippen LogP contribution in [-0.2, 0) is 19.7 Å². The Morgan fingerprint density at radius 2 is 2.00 bits per heavy atom. The third-order valence-electron chi connectivity index (χ3n) is 4.00. The SMILES string of the molecule is CCn1ncc(Br)c1CNC(=O)c1cccc(COc2cccc(Br)c2)c1. The Morgan fingerprint density at radius 1 is 1.19 bits per heavy atom. The van der Waals surface area contributed by atoms with Crippen molar-refractivity contribution in [3.05, 3.63) is 80.5 Å². The molecule has 1 aromatic heterocycles. The number of nitrogens with zero attached hydrogens (tertiary/aromatic N) is 2. The lowest BCUT2D eigenvalue weighted by molar-refractivity contribution is 0.0949. The van der Waals surface area contributed by atoms with Crippen molar-refractivity contribution in [1.82, 2.24) is 15.1 Å². The van der Waals surface area contributed by atoms with Gasteiger partial charge in [0.15, 0.2) is 0 Å². The molecule has 0 unspecified atom stereocenters. The number of benzene rings is 2. The minimum atomic E-state index is -0.130. The molecule has 0 aliphatic rings. The highest BCUT2D eigenvalue weighted by atomic mass is 79.9. The lowest BCUT2D eigenvalue weighted by Crippen LogP contribution is -2.24. The first-order valence-electron chi connectivity index (χ1n) is 8.52. The number of halogens is 2. The maximum atomic E-state index is 12.5. The molecule has 1 N–H and O–H groups in total. The molecule has 0 atom stereocenters. The van der Waals surface area contributed by atoms with E-state index < -0.39 is 0 Å². The van der Waals surface area contributed by atoms with Gasteiger partial charge >= 0.3 is 0 Å². The van der Waals surface area contributed by atoms with E-state index in [1.54, 1.807) is 12.3 Å².